The SMILES string of the molecule is CC(C)C(C)OC(=O)OCC(C)C(c1ccc(OC(=O)CC(C)(C)C)c(OC(=O)CC(C)(C)C)c1)[C@H](N)C(=O)O. The van der Waals surface area contributed by atoms with Gasteiger partial charge >= 0.3 is 24.1 Å². The van der Waals surface area contributed by atoms with Crippen molar-refractivity contribution in [1.82, 2.24) is 0 Å². The van der Waals surface area contributed by atoms with Crippen LogP contribution in [0.4, 0.5) is 4.79 Å². The molecular formula is C30H47NO9. The van der Waals surface area contributed by atoms with Gasteiger partial charge in [0.1, 0.15) is 12.1 Å². The number of carbonyl (C=O) groups excluding carboxylic acids is 3. The van der Waals surface area contributed by atoms with E-state index >= 15 is 0 Å². The van der Waals surface area contributed by atoms with Crippen molar-refractivity contribution in [1.29, 1.82) is 0 Å². The smallest absolute Gasteiger partial charge is 0.480 e. The van der Waals surface area contributed by atoms with Crippen LogP contribution in [0.2, 0.25) is 0 Å². The molecule has 10 heteroatoms. The molecule has 0 heterocycles. The van der Waals surface area contributed by atoms with Crippen LogP contribution in [-0.4, -0.2) is 47.9 Å². The Balaban J connectivity index is 3.37. The van der Waals surface area contributed by atoms with Gasteiger partial charge in [-0.25, -0.2) is 4.79 Å². The zero-order valence-corrected chi connectivity index (χ0v) is 25.5. The molecule has 0 aliphatic carbocycles. The van der Waals surface area contributed by atoms with E-state index < -0.39 is 41.9 Å². The molecule has 226 valence electrons. The second-order valence-electron chi connectivity index (χ2n) is 13.1. The Morgan fingerprint density at radius 3 is 1.80 bits per heavy atom. The molecule has 1 rings (SSSR count). The Bertz CT molecular complexity index is 1040. The summed E-state index contributed by atoms with van der Waals surface area (Å²) in [5.41, 5.74) is 5.79. The van der Waals surface area contributed by atoms with E-state index in [2.05, 4.69) is 0 Å². The highest BCUT2D eigenvalue weighted by Crippen LogP contribution is 2.37. The van der Waals surface area contributed by atoms with E-state index in [1.807, 2.05) is 55.4 Å². The summed E-state index contributed by atoms with van der Waals surface area (Å²) in [6, 6.07) is 3.08. The van der Waals surface area contributed by atoms with E-state index in [-0.39, 0.29) is 53.8 Å². The molecule has 0 radical (unpaired) electrons. The predicted octanol–water partition coefficient (Wildman–Crippen LogP) is 5.70. The van der Waals surface area contributed by atoms with Gasteiger partial charge in [-0.2, -0.15) is 0 Å². The number of ether oxygens (including phenoxy) is 4. The van der Waals surface area contributed by atoms with Gasteiger partial charge in [0.2, 0.25) is 0 Å². The number of hydrogen-bond acceptors (Lipinski definition) is 9. The van der Waals surface area contributed by atoms with Crippen LogP contribution in [0.3, 0.4) is 0 Å². The van der Waals surface area contributed by atoms with E-state index in [4.69, 9.17) is 24.7 Å². The van der Waals surface area contributed by atoms with E-state index in [9.17, 15) is 24.3 Å². The van der Waals surface area contributed by atoms with Crippen molar-refractivity contribution in [2.45, 2.75) is 100 Å². The number of benzene rings is 1. The number of hydrogen-bond donors (Lipinski definition) is 2. The lowest BCUT2D eigenvalue weighted by Crippen LogP contribution is -2.40. The maximum atomic E-state index is 12.7. The Morgan fingerprint density at radius 1 is 0.850 bits per heavy atom. The lowest BCUT2D eigenvalue weighted by molar-refractivity contribution is -0.139. The first-order valence-corrected chi connectivity index (χ1v) is 13.6. The minimum absolute atomic E-state index is 0.0260. The van der Waals surface area contributed by atoms with Gasteiger partial charge in [0.15, 0.2) is 11.5 Å². The molecule has 3 N–H and O–H groups in total. The van der Waals surface area contributed by atoms with Gasteiger partial charge in [0.25, 0.3) is 0 Å². The van der Waals surface area contributed by atoms with Gasteiger partial charge in [0, 0.05) is 5.92 Å². The minimum atomic E-state index is -1.38. The monoisotopic (exact) mass is 565 g/mol. The first-order valence-electron chi connectivity index (χ1n) is 13.6. The van der Waals surface area contributed by atoms with E-state index in [1.165, 1.54) is 12.1 Å². The van der Waals surface area contributed by atoms with Crippen molar-refractivity contribution in [2.75, 3.05) is 6.61 Å². The van der Waals surface area contributed by atoms with E-state index in [0.717, 1.165) is 0 Å². The quantitative estimate of drug-likeness (QED) is 0.238. The fourth-order valence-electron chi connectivity index (χ4n) is 3.75. The number of aliphatic carboxylic acids is 1. The molecule has 1 aromatic carbocycles. The molecule has 1 aromatic rings. The first-order chi connectivity index (χ1) is 18.2. The standard InChI is InChI=1S/C30H47NO9/c1-17(2)19(4)38-28(36)37-16-18(3)25(26(31)27(34)35)20-11-12-21(39-23(32)14-29(5,6)7)22(13-20)40-24(33)15-30(8,9)10/h11-13,17-19,25-26H,14-16,31H2,1-10H3,(H,34,35)/t18?,19?,25?,26-/m0/s1. The fourth-order valence-corrected chi connectivity index (χ4v) is 3.75. The number of rotatable bonds is 12. The minimum Gasteiger partial charge on any atom is -0.480 e. The predicted molar refractivity (Wildman–Crippen MR) is 150 cm³/mol. The zero-order chi connectivity index (χ0) is 31.0. The summed E-state index contributed by atoms with van der Waals surface area (Å²) in [4.78, 5) is 49.4. The second-order valence-corrected chi connectivity index (χ2v) is 13.1. The normalized spacial score (nSPS) is 15.0. The lowest BCUT2D eigenvalue weighted by atomic mass is 9.82. The zero-order valence-electron chi connectivity index (χ0n) is 25.5. The number of carboxylic acid groups (broad SMARTS) is 1. The maximum Gasteiger partial charge on any atom is 0.508 e. The molecule has 0 aromatic heterocycles. The third-order valence-electron chi connectivity index (χ3n) is 6.12. The lowest BCUT2D eigenvalue weighted by Gasteiger charge is -2.28. The molecule has 40 heavy (non-hydrogen) atoms. The highest BCUT2D eigenvalue weighted by Gasteiger charge is 2.33. The fraction of sp³-hybridized carbons (Fsp3) is 0.667. The van der Waals surface area contributed by atoms with Crippen molar-refractivity contribution >= 4 is 24.1 Å². The number of carboxylic acids is 1. The highest BCUT2D eigenvalue weighted by molar-refractivity contribution is 5.78. The van der Waals surface area contributed by atoms with Crippen molar-refractivity contribution in [3.05, 3.63) is 23.8 Å². The van der Waals surface area contributed by atoms with Crippen LogP contribution in [0.1, 0.15) is 93.6 Å². The third-order valence-corrected chi connectivity index (χ3v) is 6.12. The van der Waals surface area contributed by atoms with Crippen LogP contribution < -0.4 is 15.2 Å². The molecule has 0 aliphatic heterocycles. The molecule has 0 bridgehead atoms. The summed E-state index contributed by atoms with van der Waals surface area (Å²) in [5.74, 6) is -3.66. The summed E-state index contributed by atoms with van der Waals surface area (Å²) in [6.45, 7) is 18.4. The second kappa shape index (κ2) is 14.5. The summed E-state index contributed by atoms with van der Waals surface area (Å²) in [5, 5.41) is 9.73. The molecule has 0 saturated carbocycles. The van der Waals surface area contributed by atoms with Gasteiger partial charge in [-0.1, -0.05) is 68.4 Å². The third kappa shape index (κ3) is 12.4. The average Bonchev–Trinajstić information content (AvgIpc) is 2.76. The molecule has 3 unspecified atom stereocenters. The summed E-state index contributed by atoms with van der Waals surface area (Å²) in [6.07, 6.45) is -1.02. The topological polar surface area (TPSA) is 151 Å². The van der Waals surface area contributed by atoms with Crippen molar-refractivity contribution in [3.8, 4) is 11.5 Å². The molecule has 0 aliphatic rings. The van der Waals surface area contributed by atoms with Crippen LogP contribution in [0.15, 0.2) is 18.2 Å². The molecule has 0 spiro atoms. The van der Waals surface area contributed by atoms with Crippen molar-refractivity contribution < 1.29 is 43.2 Å². The van der Waals surface area contributed by atoms with Gasteiger partial charge in [-0.05, 0) is 47.3 Å². The number of carbonyl (C=O) groups is 4. The van der Waals surface area contributed by atoms with Gasteiger partial charge < -0.3 is 29.8 Å². The van der Waals surface area contributed by atoms with Crippen LogP contribution in [0.5, 0.6) is 11.5 Å². The average molecular weight is 566 g/mol. The Hall–Kier alpha value is -3.14. The summed E-state index contributed by atoms with van der Waals surface area (Å²) < 4.78 is 21.7. The van der Waals surface area contributed by atoms with Gasteiger partial charge in [-0.3, -0.25) is 14.4 Å². The first kappa shape index (κ1) is 34.9. The van der Waals surface area contributed by atoms with Crippen LogP contribution in [0, 0.1) is 22.7 Å². The Morgan fingerprint density at radius 2 is 1.35 bits per heavy atom. The van der Waals surface area contributed by atoms with Gasteiger partial charge in [-0.15, -0.1) is 0 Å². The molecule has 0 fully saturated rings. The van der Waals surface area contributed by atoms with Crippen LogP contribution in [-0.2, 0) is 23.9 Å². The number of esters is 2. The largest absolute Gasteiger partial charge is 0.508 e. The Kier molecular flexibility index (Phi) is 12.6. The molecule has 0 saturated heterocycles. The molecule has 0 amide bonds. The van der Waals surface area contributed by atoms with Crippen molar-refractivity contribution in [2.24, 2.45) is 28.4 Å². The molecular weight excluding hydrogens is 518 g/mol. The Labute approximate surface area is 237 Å². The van der Waals surface area contributed by atoms with Crippen LogP contribution >= 0.6 is 0 Å². The highest BCUT2D eigenvalue weighted by atomic mass is 16.7. The van der Waals surface area contributed by atoms with Crippen molar-refractivity contribution in [3.63, 3.8) is 0 Å². The van der Waals surface area contributed by atoms with Gasteiger partial charge in [0.05, 0.1) is 19.4 Å². The van der Waals surface area contributed by atoms with E-state index in [0.29, 0.717) is 5.56 Å². The van der Waals surface area contributed by atoms with Crippen LogP contribution in [0.25, 0.3) is 0 Å². The maximum absolute atomic E-state index is 12.7. The van der Waals surface area contributed by atoms with E-state index in [1.54, 1.807) is 19.9 Å². The summed E-state index contributed by atoms with van der Waals surface area (Å²) in [7, 11) is 0. The number of nitrogens with two attached hydrogens (primary N) is 1. The molecule has 4 atom stereocenters. The summed E-state index contributed by atoms with van der Waals surface area (Å²) >= 11 is 0. The molecule has 10 nitrogen and oxygen atoms in total.